The van der Waals surface area contributed by atoms with Crippen molar-refractivity contribution in [1.82, 2.24) is 0 Å². The van der Waals surface area contributed by atoms with E-state index in [1.165, 1.54) is 0 Å². The third kappa shape index (κ3) is 853. The number of hydrogen-bond acceptors (Lipinski definition) is 1. The van der Waals surface area contributed by atoms with E-state index in [-0.39, 0.29) is 0 Å². The summed E-state index contributed by atoms with van der Waals surface area (Å²) >= 11 is 0. The van der Waals surface area contributed by atoms with Crippen molar-refractivity contribution in [2.75, 3.05) is 18.8 Å². The van der Waals surface area contributed by atoms with Gasteiger partial charge in [0.1, 0.15) is 0 Å². The molecule has 0 aromatic carbocycles. The van der Waals surface area contributed by atoms with E-state index in [1.807, 2.05) is 0 Å². The molecule has 0 saturated heterocycles. The Labute approximate surface area is 33.8 Å². The van der Waals surface area contributed by atoms with Gasteiger partial charge in [-0.3, -0.25) is 4.21 Å². The van der Waals surface area contributed by atoms with Gasteiger partial charge in [0.05, 0.1) is 0 Å². The maximum Gasteiger partial charge on any atom is -0.0108 e. The van der Waals surface area contributed by atoms with Crippen LogP contribution in [0.25, 0.3) is 0 Å². The van der Waals surface area contributed by atoms with Gasteiger partial charge in [0, 0.05) is 0 Å². The number of rotatable bonds is 0. The number of hydrogen-bond donors (Lipinski definition) is 1. The van der Waals surface area contributed by atoms with Crippen molar-refractivity contribution in [3.8, 4) is 0 Å². The summed E-state index contributed by atoms with van der Waals surface area (Å²) in [6, 6.07) is 0. The second-order valence-electron chi connectivity index (χ2n) is 1.89. The molecule has 34 valence electrons. The van der Waals surface area contributed by atoms with Gasteiger partial charge in [0.2, 0.25) is 0 Å². The summed E-state index contributed by atoms with van der Waals surface area (Å²) in [5.74, 6) is 0. The lowest BCUT2D eigenvalue weighted by Crippen LogP contribution is -1.99. The van der Waals surface area contributed by atoms with E-state index in [1.54, 1.807) is 18.8 Å². The van der Waals surface area contributed by atoms with Crippen LogP contribution in [0.4, 0.5) is 0 Å². The summed E-state index contributed by atoms with van der Waals surface area (Å²) in [5.41, 5.74) is 0. The molecule has 0 unspecified atom stereocenters. The Morgan fingerprint density at radius 3 is 1.20 bits per heavy atom. The molecule has 5 heavy (non-hydrogen) atoms. The zero-order chi connectivity index (χ0) is 4.50. The zero-order valence-corrected chi connectivity index (χ0v) is 4.75. The van der Waals surface area contributed by atoms with E-state index in [0.717, 1.165) is 0 Å². The van der Waals surface area contributed by atoms with Crippen LogP contribution >= 0.6 is 0 Å². The summed E-state index contributed by atoms with van der Waals surface area (Å²) < 4.78 is 10.2. The fraction of sp³-hybridized carbons (Fsp3) is 1.00. The van der Waals surface area contributed by atoms with Crippen LogP contribution in [-0.2, 0) is 9.93 Å². The quantitative estimate of drug-likeness (QED) is 0.414. The minimum Gasteiger partial charge on any atom is -0.286 e. The summed E-state index contributed by atoms with van der Waals surface area (Å²) in [4.78, 5) is 0. The van der Waals surface area contributed by atoms with Crippen molar-refractivity contribution in [3.05, 3.63) is 0 Å². The standard InChI is InChI=1S/C3H10OS/c1-5(2,3)4/h5H,1-3H3. The molecule has 0 saturated carbocycles. The lowest BCUT2D eigenvalue weighted by atomic mass is 11.9. The largest absolute Gasteiger partial charge is 0.286 e. The average molecular weight is 94.2 g/mol. The second-order valence-corrected chi connectivity index (χ2v) is 5.67. The second kappa shape index (κ2) is 1.09. The minimum absolute atomic E-state index is 1.64. The van der Waals surface area contributed by atoms with E-state index in [0.29, 0.717) is 0 Å². The van der Waals surface area contributed by atoms with E-state index < -0.39 is 9.93 Å². The van der Waals surface area contributed by atoms with E-state index in [9.17, 15) is 4.21 Å². The van der Waals surface area contributed by atoms with Gasteiger partial charge in [0.25, 0.3) is 0 Å². The smallest absolute Gasteiger partial charge is 0.0108 e. The Balaban J connectivity index is 3.47. The summed E-state index contributed by atoms with van der Waals surface area (Å²) in [5, 5.41) is 0. The van der Waals surface area contributed by atoms with Crippen molar-refractivity contribution in [2.45, 2.75) is 0 Å². The molecule has 0 atom stereocenters. The maximum atomic E-state index is 10.2. The summed E-state index contributed by atoms with van der Waals surface area (Å²) in [7, 11) is -1.64. The molecule has 0 spiro atoms. The van der Waals surface area contributed by atoms with Crippen LogP contribution in [0.2, 0.25) is 0 Å². The molecule has 0 aromatic heterocycles. The van der Waals surface area contributed by atoms with Crippen LogP contribution in [0, 0.1) is 0 Å². The Hall–Kier alpha value is 0.150. The first kappa shape index (κ1) is 5.15. The highest BCUT2D eigenvalue weighted by Gasteiger charge is 1.79. The molecule has 0 amide bonds. The first-order valence-electron chi connectivity index (χ1n) is 1.52. The molecular formula is C3H10OS. The molecule has 0 N–H and O–H groups in total. The molecule has 0 aliphatic rings. The van der Waals surface area contributed by atoms with Gasteiger partial charge in [-0.15, -0.1) is 9.93 Å². The highest BCUT2D eigenvalue weighted by Crippen LogP contribution is 1.76. The Kier molecular flexibility index (Phi) is 1.12. The van der Waals surface area contributed by atoms with Crippen LogP contribution in [0.1, 0.15) is 0 Å². The van der Waals surface area contributed by atoms with E-state index in [4.69, 9.17) is 0 Å². The van der Waals surface area contributed by atoms with Crippen molar-refractivity contribution in [1.29, 1.82) is 0 Å². The molecule has 0 bridgehead atoms. The van der Waals surface area contributed by atoms with Crippen molar-refractivity contribution >= 4 is 9.93 Å². The zero-order valence-electron chi connectivity index (χ0n) is 3.86. The van der Waals surface area contributed by atoms with Gasteiger partial charge in [-0.2, -0.15) is 0 Å². The van der Waals surface area contributed by atoms with Gasteiger partial charge in [0.15, 0.2) is 0 Å². The topological polar surface area (TPSA) is 17.1 Å². The third-order valence-corrected chi connectivity index (χ3v) is 0. The molecule has 0 fully saturated rings. The van der Waals surface area contributed by atoms with Crippen LogP contribution in [-0.4, -0.2) is 23.0 Å². The fourth-order valence-electron chi connectivity index (χ4n) is 0. The average Bonchev–Trinajstić information content (AvgIpc) is 0.722. The van der Waals surface area contributed by atoms with Gasteiger partial charge >= 0.3 is 0 Å². The normalized spacial score (nSPS) is 15.0. The predicted molar refractivity (Wildman–Crippen MR) is 27.3 cm³/mol. The van der Waals surface area contributed by atoms with Gasteiger partial charge < -0.3 is 0 Å². The molecule has 2 heteroatoms. The predicted octanol–water partition coefficient (Wildman–Crippen LogP) is -0.107. The first-order chi connectivity index (χ1) is 2.00. The molecule has 0 aliphatic heterocycles. The third-order valence-electron chi connectivity index (χ3n) is 0. The monoisotopic (exact) mass is 94.0 g/mol. The van der Waals surface area contributed by atoms with E-state index >= 15 is 0 Å². The lowest BCUT2D eigenvalue weighted by Gasteiger charge is -1.95. The molecule has 0 aromatic rings. The number of thiol groups is 1. The SMILES string of the molecule is C[SH](C)(C)=O. The molecule has 0 aliphatic carbocycles. The van der Waals surface area contributed by atoms with Crippen LogP contribution in [0.3, 0.4) is 0 Å². The fourth-order valence-corrected chi connectivity index (χ4v) is 0. The van der Waals surface area contributed by atoms with Crippen molar-refractivity contribution in [3.63, 3.8) is 0 Å². The Bertz CT molecular complexity index is 53.0. The highest BCUT2D eigenvalue weighted by molar-refractivity contribution is 8.01. The summed E-state index contributed by atoms with van der Waals surface area (Å²) in [6.07, 6.45) is 5.23. The molecule has 0 heterocycles. The van der Waals surface area contributed by atoms with Crippen LogP contribution < -0.4 is 0 Å². The lowest BCUT2D eigenvalue weighted by molar-refractivity contribution is 0.682. The van der Waals surface area contributed by atoms with Gasteiger partial charge in [-0.25, -0.2) is 0 Å². The van der Waals surface area contributed by atoms with Crippen LogP contribution in [0.5, 0.6) is 0 Å². The minimum atomic E-state index is -1.64. The Morgan fingerprint density at radius 2 is 1.20 bits per heavy atom. The van der Waals surface area contributed by atoms with Crippen molar-refractivity contribution < 1.29 is 4.21 Å². The maximum absolute atomic E-state index is 10.2. The van der Waals surface area contributed by atoms with Gasteiger partial charge in [-0.1, -0.05) is 0 Å². The molecule has 1 nitrogen and oxygen atoms in total. The molecule has 0 radical (unpaired) electrons. The first-order valence-corrected chi connectivity index (χ1v) is 4.57. The van der Waals surface area contributed by atoms with Gasteiger partial charge in [-0.05, 0) is 18.8 Å². The molecular weight excluding hydrogens is 84.1 g/mol. The highest BCUT2D eigenvalue weighted by atomic mass is 32.2. The van der Waals surface area contributed by atoms with Crippen molar-refractivity contribution in [2.24, 2.45) is 0 Å². The summed E-state index contributed by atoms with van der Waals surface area (Å²) in [6.45, 7) is 0. The Morgan fingerprint density at radius 1 is 1.20 bits per heavy atom. The van der Waals surface area contributed by atoms with Crippen LogP contribution in [0.15, 0.2) is 0 Å². The molecule has 0 rings (SSSR count). The van der Waals surface area contributed by atoms with E-state index in [2.05, 4.69) is 0 Å².